The zero-order chi connectivity index (χ0) is 18.6. The summed E-state index contributed by atoms with van der Waals surface area (Å²) in [6.07, 6.45) is 0. The molecule has 0 saturated heterocycles. The lowest BCUT2D eigenvalue weighted by atomic mass is 10.0. The molecule has 2 N–H and O–H groups in total. The van der Waals surface area contributed by atoms with E-state index in [9.17, 15) is 9.59 Å². The first kappa shape index (κ1) is 19.2. The standard InChI is InChI=1S/C20H23BrN2O2/c1-12(2)18(23-19(24)15-7-5-6-8-16(15)21)20(25)22-17-10-9-13(3)11-14(17)4/h5-12,18H,1-4H3,(H,22,25)(H,23,24). The van der Waals surface area contributed by atoms with Gasteiger partial charge in [0.2, 0.25) is 5.91 Å². The van der Waals surface area contributed by atoms with Crippen LogP contribution in [0.3, 0.4) is 0 Å². The van der Waals surface area contributed by atoms with E-state index in [1.807, 2.05) is 52.0 Å². The second-order valence-electron chi connectivity index (χ2n) is 6.48. The van der Waals surface area contributed by atoms with E-state index < -0.39 is 6.04 Å². The lowest BCUT2D eigenvalue weighted by molar-refractivity contribution is -0.118. The van der Waals surface area contributed by atoms with Crippen molar-refractivity contribution in [1.82, 2.24) is 5.32 Å². The fourth-order valence-electron chi connectivity index (χ4n) is 2.56. The van der Waals surface area contributed by atoms with Gasteiger partial charge in [-0.15, -0.1) is 0 Å². The van der Waals surface area contributed by atoms with Crippen LogP contribution >= 0.6 is 15.9 Å². The van der Waals surface area contributed by atoms with Gasteiger partial charge in [0.05, 0.1) is 5.56 Å². The molecule has 5 heteroatoms. The average Bonchev–Trinajstić information content (AvgIpc) is 2.55. The fraction of sp³-hybridized carbons (Fsp3) is 0.300. The largest absolute Gasteiger partial charge is 0.340 e. The zero-order valence-corrected chi connectivity index (χ0v) is 16.5. The molecule has 0 aliphatic rings. The van der Waals surface area contributed by atoms with Gasteiger partial charge in [-0.1, -0.05) is 43.7 Å². The minimum Gasteiger partial charge on any atom is -0.340 e. The Morgan fingerprint density at radius 2 is 1.72 bits per heavy atom. The molecule has 1 atom stereocenters. The van der Waals surface area contributed by atoms with Crippen LogP contribution < -0.4 is 10.6 Å². The molecule has 2 amide bonds. The van der Waals surface area contributed by atoms with Crippen LogP contribution in [0.4, 0.5) is 5.69 Å². The number of hydrogen-bond acceptors (Lipinski definition) is 2. The Bertz CT molecular complexity index is 787. The van der Waals surface area contributed by atoms with Gasteiger partial charge in [-0.05, 0) is 59.5 Å². The van der Waals surface area contributed by atoms with Crippen LogP contribution in [0.5, 0.6) is 0 Å². The molecule has 2 rings (SSSR count). The number of hydrogen-bond donors (Lipinski definition) is 2. The van der Waals surface area contributed by atoms with E-state index in [4.69, 9.17) is 0 Å². The van der Waals surface area contributed by atoms with Crippen LogP contribution in [-0.4, -0.2) is 17.9 Å². The van der Waals surface area contributed by atoms with Crippen molar-refractivity contribution in [3.05, 3.63) is 63.6 Å². The summed E-state index contributed by atoms with van der Waals surface area (Å²) in [5.41, 5.74) is 3.40. The molecule has 0 radical (unpaired) electrons. The number of benzene rings is 2. The Balaban J connectivity index is 2.16. The van der Waals surface area contributed by atoms with Gasteiger partial charge in [0.25, 0.3) is 5.91 Å². The smallest absolute Gasteiger partial charge is 0.253 e. The molecule has 0 aliphatic heterocycles. The van der Waals surface area contributed by atoms with Crippen LogP contribution in [0.15, 0.2) is 46.9 Å². The fourth-order valence-corrected chi connectivity index (χ4v) is 3.03. The molecule has 0 heterocycles. The Kier molecular flexibility index (Phi) is 6.37. The maximum atomic E-state index is 12.7. The van der Waals surface area contributed by atoms with Crippen LogP contribution in [0.2, 0.25) is 0 Å². The molecule has 1 unspecified atom stereocenters. The molecule has 0 aliphatic carbocycles. The van der Waals surface area contributed by atoms with Gasteiger partial charge in [-0.3, -0.25) is 9.59 Å². The summed E-state index contributed by atoms with van der Waals surface area (Å²) in [7, 11) is 0. The second kappa shape index (κ2) is 8.30. The topological polar surface area (TPSA) is 58.2 Å². The summed E-state index contributed by atoms with van der Waals surface area (Å²) >= 11 is 3.37. The summed E-state index contributed by atoms with van der Waals surface area (Å²) in [5.74, 6) is -0.540. The first-order valence-electron chi connectivity index (χ1n) is 8.23. The second-order valence-corrected chi connectivity index (χ2v) is 7.34. The van der Waals surface area contributed by atoms with E-state index in [0.717, 1.165) is 16.8 Å². The normalized spacial score (nSPS) is 11.9. The number of carbonyl (C=O) groups excluding carboxylic acids is 2. The SMILES string of the molecule is Cc1ccc(NC(=O)C(NC(=O)c2ccccc2Br)C(C)C)c(C)c1. The highest BCUT2D eigenvalue weighted by atomic mass is 79.9. The van der Waals surface area contributed by atoms with E-state index in [2.05, 4.69) is 26.6 Å². The lowest BCUT2D eigenvalue weighted by Crippen LogP contribution is -2.47. The van der Waals surface area contributed by atoms with Crippen molar-refractivity contribution >= 4 is 33.4 Å². The molecule has 0 bridgehead atoms. The van der Waals surface area contributed by atoms with Gasteiger partial charge < -0.3 is 10.6 Å². The molecule has 4 nitrogen and oxygen atoms in total. The third kappa shape index (κ3) is 4.92. The Hall–Kier alpha value is -2.14. The first-order chi connectivity index (χ1) is 11.8. The van der Waals surface area contributed by atoms with Crippen molar-refractivity contribution in [2.75, 3.05) is 5.32 Å². The van der Waals surface area contributed by atoms with Gasteiger partial charge in [-0.25, -0.2) is 0 Å². The summed E-state index contributed by atoms with van der Waals surface area (Å²) < 4.78 is 0.699. The van der Waals surface area contributed by atoms with E-state index in [0.29, 0.717) is 10.0 Å². The molecule has 132 valence electrons. The minimum absolute atomic E-state index is 0.0443. The number of anilines is 1. The molecule has 0 saturated carbocycles. The molecular weight excluding hydrogens is 380 g/mol. The van der Waals surface area contributed by atoms with Crippen LogP contribution in [0, 0.1) is 19.8 Å². The average molecular weight is 403 g/mol. The third-order valence-corrected chi connectivity index (χ3v) is 4.69. The summed E-state index contributed by atoms with van der Waals surface area (Å²) in [5, 5.41) is 5.77. The van der Waals surface area contributed by atoms with Gasteiger partial charge in [0, 0.05) is 10.2 Å². The first-order valence-corrected chi connectivity index (χ1v) is 9.02. The maximum absolute atomic E-state index is 12.7. The van der Waals surface area contributed by atoms with Gasteiger partial charge in [0.1, 0.15) is 6.04 Å². The maximum Gasteiger partial charge on any atom is 0.253 e. The van der Waals surface area contributed by atoms with Crippen molar-refractivity contribution in [1.29, 1.82) is 0 Å². The number of halogens is 1. The van der Waals surface area contributed by atoms with Crippen molar-refractivity contribution in [2.24, 2.45) is 5.92 Å². The number of rotatable bonds is 5. The Morgan fingerprint density at radius 1 is 1.04 bits per heavy atom. The predicted octanol–water partition coefficient (Wildman–Crippen LogP) is 4.46. The van der Waals surface area contributed by atoms with Crippen LogP contribution in [0.1, 0.15) is 35.3 Å². The van der Waals surface area contributed by atoms with Crippen molar-refractivity contribution in [3.8, 4) is 0 Å². The summed E-state index contributed by atoms with van der Waals surface area (Å²) in [4.78, 5) is 25.2. The monoisotopic (exact) mass is 402 g/mol. The highest BCUT2D eigenvalue weighted by Gasteiger charge is 2.25. The van der Waals surface area contributed by atoms with Crippen LogP contribution in [-0.2, 0) is 4.79 Å². The molecule has 0 spiro atoms. The zero-order valence-electron chi connectivity index (χ0n) is 14.9. The van der Waals surface area contributed by atoms with Gasteiger partial charge in [0.15, 0.2) is 0 Å². The molecule has 2 aromatic carbocycles. The molecular formula is C20H23BrN2O2. The third-order valence-electron chi connectivity index (χ3n) is 3.99. The van der Waals surface area contributed by atoms with E-state index in [1.54, 1.807) is 18.2 Å². The molecule has 0 fully saturated rings. The molecule has 25 heavy (non-hydrogen) atoms. The highest BCUT2D eigenvalue weighted by molar-refractivity contribution is 9.10. The number of nitrogens with one attached hydrogen (secondary N) is 2. The predicted molar refractivity (Wildman–Crippen MR) is 105 cm³/mol. The van der Waals surface area contributed by atoms with E-state index in [-0.39, 0.29) is 17.7 Å². The summed E-state index contributed by atoms with van der Waals surface area (Å²) in [6, 6.07) is 12.4. The molecule has 0 aromatic heterocycles. The summed E-state index contributed by atoms with van der Waals surface area (Å²) in [6.45, 7) is 7.78. The highest BCUT2D eigenvalue weighted by Crippen LogP contribution is 2.19. The lowest BCUT2D eigenvalue weighted by Gasteiger charge is -2.22. The van der Waals surface area contributed by atoms with Crippen molar-refractivity contribution in [2.45, 2.75) is 33.7 Å². The number of amides is 2. The number of aryl methyl sites for hydroxylation is 2. The van der Waals surface area contributed by atoms with E-state index in [1.165, 1.54) is 0 Å². The Morgan fingerprint density at radius 3 is 2.32 bits per heavy atom. The van der Waals surface area contributed by atoms with Crippen LogP contribution in [0.25, 0.3) is 0 Å². The number of carbonyl (C=O) groups is 2. The van der Waals surface area contributed by atoms with Gasteiger partial charge in [-0.2, -0.15) is 0 Å². The minimum atomic E-state index is -0.625. The molecule has 2 aromatic rings. The van der Waals surface area contributed by atoms with Gasteiger partial charge >= 0.3 is 0 Å². The quantitative estimate of drug-likeness (QED) is 0.775. The van der Waals surface area contributed by atoms with E-state index >= 15 is 0 Å². The Labute approximate surface area is 157 Å². The van der Waals surface area contributed by atoms with Crippen molar-refractivity contribution < 1.29 is 9.59 Å². The van der Waals surface area contributed by atoms with Crippen molar-refractivity contribution in [3.63, 3.8) is 0 Å².